The zero-order chi connectivity index (χ0) is 27.9. The lowest BCUT2D eigenvalue weighted by Crippen LogP contribution is -2.55. The first-order valence-corrected chi connectivity index (χ1v) is 11.7. The number of aromatic nitrogens is 5. The summed E-state index contributed by atoms with van der Waals surface area (Å²) in [5.74, 6) is -2.19. The van der Waals surface area contributed by atoms with Crippen LogP contribution in [0.15, 0.2) is 43.1 Å². The van der Waals surface area contributed by atoms with Crippen LogP contribution in [0.1, 0.15) is 23.1 Å². The third-order valence-corrected chi connectivity index (χ3v) is 6.68. The molecule has 0 spiro atoms. The minimum atomic E-state index is -5.01. The van der Waals surface area contributed by atoms with Gasteiger partial charge in [0.2, 0.25) is 11.8 Å². The molecule has 6 N–H and O–H groups in total. The second-order valence-electron chi connectivity index (χ2n) is 9.22. The smallest absolute Gasteiger partial charge is 0.419 e. The molecule has 0 aliphatic carbocycles. The van der Waals surface area contributed by atoms with E-state index in [1.807, 2.05) is 0 Å². The van der Waals surface area contributed by atoms with Gasteiger partial charge in [-0.15, -0.1) is 0 Å². The van der Waals surface area contributed by atoms with E-state index < -0.39 is 35.5 Å². The Morgan fingerprint density at radius 3 is 2.72 bits per heavy atom. The molecule has 11 nitrogen and oxygen atoms in total. The lowest BCUT2D eigenvalue weighted by molar-refractivity contribution is -0.140. The molecule has 4 heterocycles. The Morgan fingerprint density at radius 1 is 1.18 bits per heavy atom. The number of hydrogen-bond acceptors (Lipinski definition) is 9. The highest BCUT2D eigenvalue weighted by atomic mass is 19.4. The number of nitrogens with one attached hydrogen (secondary N) is 1. The number of hydrogen-bond donors (Lipinski definition) is 4. The lowest BCUT2D eigenvalue weighted by Gasteiger charge is -2.28. The Bertz CT molecular complexity index is 1560. The average Bonchev–Trinajstić information content (AvgIpc) is 3.48. The van der Waals surface area contributed by atoms with Crippen molar-refractivity contribution in [3.05, 3.63) is 65.6 Å². The first-order valence-electron chi connectivity index (χ1n) is 11.7. The molecule has 5 rings (SSSR count). The van der Waals surface area contributed by atoms with Gasteiger partial charge >= 0.3 is 6.18 Å². The molecule has 204 valence electrons. The summed E-state index contributed by atoms with van der Waals surface area (Å²) in [6.07, 6.45) is -1.09. The molecule has 0 saturated carbocycles. The molecule has 1 saturated heterocycles. The predicted molar refractivity (Wildman–Crippen MR) is 132 cm³/mol. The van der Waals surface area contributed by atoms with E-state index >= 15 is 0 Å². The van der Waals surface area contributed by atoms with E-state index in [0.717, 1.165) is 12.4 Å². The number of fused-ring (bicyclic) bond motifs is 1. The van der Waals surface area contributed by atoms with Crippen molar-refractivity contribution in [2.24, 2.45) is 5.73 Å². The van der Waals surface area contributed by atoms with Crippen molar-refractivity contribution in [1.82, 2.24) is 29.8 Å². The maximum absolute atomic E-state index is 14.7. The monoisotopic (exact) mass is 545 g/mol. The van der Waals surface area contributed by atoms with Crippen LogP contribution in [0.2, 0.25) is 0 Å². The van der Waals surface area contributed by atoms with Gasteiger partial charge in [0.1, 0.15) is 23.2 Å². The van der Waals surface area contributed by atoms with Gasteiger partial charge < -0.3 is 31.4 Å². The van der Waals surface area contributed by atoms with Crippen LogP contribution in [-0.2, 0) is 24.1 Å². The highest BCUT2D eigenvalue weighted by Crippen LogP contribution is 2.40. The van der Waals surface area contributed by atoms with Gasteiger partial charge in [-0.2, -0.15) is 13.2 Å². The topological polar surface area (TPSA) is 161 Å². The summed E-state index contributed by atoms with van der Waals surface area (Å²) in [5.41, 5.74) is 9.74. The SMILES string of the molecule is Nc1ncnc2c1ncn2Cc1c(N2CC[C@](N)(C(=O)NCc3cccnc3O)C2)ccc(F)c1C(F)(F)F. The first-order chi connectivity index (χ1) is 18.5. The number of aromatic hydroxyl groups is 1. The van der Waals surface area contributed by atoms with Crippen LogP contribution >= 0.6 is 0 Å². The lowest BCUT2D eigenvalue weighted by atomic mass is 9.98. The first kappa shape index (κ1) is 26.1. The van der Waals surface area contributed by atoms with Gasteiger partial charge in [0.25, 0.3) is 0 Å². The normalized spacial score (nSPS) is 17.6. The van der Waals surface area contributed by atoms with E-state index in [4.69, 9.17) is 11.5 Å². The molecule has 1 aromatic carbocycles. The van der Waals surface area contributed by atoms with Gasteiger partial charge in [-0.3, -0.25) is 4.79 Å². The Morgan fingerprint density at radius 2 is 1.97 bits per heavy atom. The summed E-state index contributed by atoms with van der Waals surface area (Å²) in [5, 5.41) is 12.5. The second kappa shape index (κ2) is 9.65. The van der Waals surface area contributed by atoms with E-state index in [1.165, 1.54) is 28.1 Å². The molecule has 0 radical (unpaired) electrons. The summed E-state index contributed by atoms with van der Waals surface area (Å²) >= 11 is 0. The fourth-order valence-electron chi connectivity index (χ4n) is 4.70. The van der Waals surface area contributed by atoms with Gasteiger partial charge in [-0.25, -0.2) is 24.3 Å². The van der Waals surface area contributed by atoms with Crippen LogP contribution in [0.3, 0.4) is 0 Å². The van der Waals surface area contributed by atoms with E-state index in [2.05, 4.69) is 25.3 Å². The number of anilines is 2. The number of carbonyl (C=O) groups is 1. The Hall–Kier alpha value is -4.53. The van der Waals surface area contributed by atoms with Crippen LogP contribution in [-0.4, -0.2) is 54.1 Å². The van der Waals surface area contributed by atoms with E-state index in [-0.39, 0.29) is 60.2 Å². The van der Waals surface area contributed by atoms with Gasteiger partial charge in [0.15, 0.2) is 11.5 Å². The highest BCUT2D eigenvalue weighted by molar-refractivity contribution is 5.88. The summed E-state index contributed by atoms with van der Waals surface area (Å²) in [7, 11) is 0. The van der Waals surface area contributed by atoms with E-state index in [9.17, 15) is 27.5 Å². The molecule has 4 aromatic rings. The summed E-state index contributed by atoms with van der Waals surface area (Å²) < 4.78 is 58.3. The minimum Gasteiger partial charge on any atom is -0.493 e. The summed E-state index contributed by atoms with van der Waals surface area (Å²) in [6.45, 7) is -0.475. The Kier molecular flexibility index (Phi) is 6.46. The Balaban J connectivity index is 1.46. The molecule has 1 amide bonds. The maximum Gasteiger partial charge on any atom is 0.419 e. The standard InChI is InChI=1S/C24H23F4N9O2/c25-15-3-4-16(36-7-5-23(30,10-36)22(39)32-8-13-2-1-6-31-21(13)38)14(17(15)24(26,27)28)9-37-12-35-18-19(29)33-11-34-20(18)37/h1-4,6,11-12H,5,7-10,30H2,(H,31,38)(H,32,39)(H2,29,33,34)/t23-/m1/s1. The quantitative estimate of drug-likeness (QED) is 0.265. The number of alkyl halides is 3. The molecular weight excluding hydrogens is 522 g/mol. The maximum atomic E-state index is 14.7. The molecule has 39 heavy (non-hydrogen) atoms. The molecule has 1 aliphatic rings. The number of benzene rings is 1. The molecule has 1 atom stereocenters. The number of rotatable bonds is 6. The Labute approximate surface area is 218 Å². The molecule has 1 fully saturated rings. The van der Waals surface area contributed by atoms with Crippen molar-refractivity contribution in [2.45, 2.75) is 31.2 Å². The summed E-state index contributed by atoms with van der Waals surface area (Å²) in [4.78, 5) is 30.2. The number of nitrogen functional groups attached to an aromatic ring is 1. The fourth-order valence-corrected chi connectivity index (χ4v) is 4.70. The molecule has 3 aromatic heterocycles. The molecular formula is C24H23F4N9O2. The molecule has 1 aliphatic heterocycles. The number of halogens is 4. The van der Waals surface area contributed by atoms with Crippen molar-refractivity contribution in [3.8, 4) is 5.88 Å². The predicted octanol–water partition coefficient (Wildman–Crippen LogP) is 1.94. The largest absolute Gasteiger partial charge is 0.493 e. The highest BCUT2D eigenvalue weighted by Gasteiger charge is 2.44. The molecule has 0 unspecified atom stereocenters. The number of nitrogens with two attached hydrogens (primary N) is 2. The molecule has 15 heteroatoms. The van der Waals surface area contributed by atoms with Crippen LogP contribution in [0.4, 0.5) is 29.1 Å². The van der Waals surface area contributed by atoms with Crippen molar-refractivity contribution < 1.29 is 27.5 Å². The summed E-state index contributed by atoms with van der Waals surface area (Å²) in [6, 6.07) is 5.15. The third kappa shape index (κ3) is 4.87. The number of imidazole rings is 1. The number of carbonyl (C=O) groups excluding carboxylic acids is 1. The molecule has 0 bridgehead atoms. The van der Waals surface area contributed by atoms with Crippen LogP contribution < -0.4 is 21.7 Å². The zero-order valence-corrected chi connectivity index (χ0v) is 20.3. The second-order valence-corrected chi connectivity index (χ2v) is 9.22. The third-order valence-electron chi connectivity index (χ3n) is 6.68. The van der Waals surface area contributed by atoms with E-state index in [1.54, 1.807) is 12.1 Å². The minimum absolute atomic E-state index is 0.0455. The van der Waals surface area contributed by atoms with Crippen LogP contribution in [0.5, 0.6) is 5.88 Å². The zero-order valence-electron chi connectivity index (χ0n) is 20.3. The average molecular weight is 546 g/mol. The van der Waals surface area contributed by atoms with Gasteiger partial charge in [0, 0.05) is 42.6 Å². The van der Waals surface area contributed by atoms with Crippen molar-refractivity contribution in [2.75, 3.05) is 23.7 Å². The number of nitrogens with zero attached hydrogens (tertiary/aromatic N) is 6. The van der Waals surface area contributed by atoms with Gasteiger partial charge in [0.05, 0.1) is 18.4 Å². The number of pyridine rings is 1. The van der Waals surface area contributed by atoms with Crippen molar-refractivity contribution in [1.29, 1.82) is 0 Å². The van der Waals surface area contributed by atoms with Crippen molar-refractivity contribution in [3.63, 3.8) is 0 Å². The van der Waals surface area contributed by atoms with Gasteiger partial charge in [-0.05, 0) is 24.6 Å². The number of amides is 1. The van der Waals surface area contributed by atoms with Gasteiger partial charge in [-0.1, -0.05) is 6.07 Å². The van der Waals surface area contributed by atoms with Crippen LogP contribution in [0, 0.1) is 5.82 Å². The fraction of sp³-hybridized carbons (Fsp3) is 0.292. The van der Waals surface area contributed by atoms with Crippen LogP contribution in [0.25, 0.3) is 11.2 Å². The van der Waals surface area contributed by atoms with Crippen molar-refractivity contribution >= 4 is 28.6 Å². The van der Waals surface area contributed by atoms with E-state index in [0.29, 0.717) is 5.56 Å².